The third kappa shape index (κ3) is 3.15. The average Bonchev–Trinajstić information content (AvgIpc) is 2.87. The lowest BCUT2D eigenvalue weighted by molar-refractivity contribution is 0.0700. The lowest BCUT2D eigenvalue weighted by Crippen LogP contribution is -2.11. The van der Waals surface area contributed by atoms with E-state index in [1.54, 1.807) is 12.1 Å². The molecule has 20 heavy (non-hydrogen) atoms. The second kappa shape index (κ2) is 5.33. The predicted octanol–water partition coefficient (Wildman–Crippen LogP) is 3.61. The van der Waals surface area contributed by atoms with E-state index in [0.717, 1.165) is 5.56 Å². The Kier molecular flexibility index (Phi) is 3.74. The van der Waals surface area contributed by atoms with Crippen LogP contribution in [0.3, 0.4) is 0 Å². The number of furan rings is 1. The summed E-state index contributed by atoms with van der Waals surface area (Å²) in [4.78, 5) is 22.3. The van der Waals surface area contributed by atoms with Gasteiger partial charge in [-0.15, -0.1) is 0 Å². The monoisotopic (exact) mass is 272 g/mol. The number of aldehydes is 1. The van der Waals surface area contributed by atoms with Crippen LogP contribution in [0.25, 0.3) is 0 Å². The molecule has 0 spiro atoms. The molecule has 2 aromatic rings. The number of hydrogen-bond donors (Lipinski definition) is 0. The molecule has 0 atom stereocenters. The van der Waals surface area contributed by atoms with Gasteiger partial charge in [-0.25, -0.2) is 4.79 Å². The van der Waals surface area contributed by atoms with Gasteiger partial charge in [0.1, 0.15) is 5.75 Å². The second-order valence-corrected chi connectivity index (χ2v) is 5.48. The lowest BCUT2D eigenvalue weighted by atomic mass is 9.87. The zero-order chi connectivity index (χ0) is 14.8. The van der Waals surface area contributed by atoms with Gasteiger partial charge < -0.3 is 9.15 Å². The fourth-order valence-corrected chi connectivity index (χ4v) is 1.71. The lowest BCUT2D eigenvalue weighted by Gasteiger charge is -2.18. The van der Waals surface area contributed by atoms with Crippen LogP contribution >= 0.6 is 0 Å². The number of esters is 1. The Morgan fingerprint density at radius 3 is 2.25 bits per heavy atom. The predicted molar refractivity (Wildman–Crippen MR) is 74.2 cm³/mol. The van der Waals surface area contributed by atoms with Crippen molar-refractivity contribution in [1.82, 2.24) is 0 Å². The summed E-state index contributed by atoms with van der Waals surface area (Å²) in [6.07, 6.45) is 0.537. The van der Waals surface area contributed by atoms with Crippen LogP contribution in [0.1, 0.15) is 47.4 Å². The first-order valence-corrected chi connectivity index (χ1v) is 6.28. The normalized spacial score (nSPS) is 11.2. The van der Waals surface area contributed by atoms with Crippen LogP contribution in [0.15, 0.2) is 40.8 Å². The molecule has 2 rings (SSSR count). The summed E-state index contributed by atoms with van der Waals surface area (Å²) in [6.45, 7) is 6.33. The largest absolute Gasteiger partial charge is 0.446 e. The van der Waals surface area contributed by atoms with Gasteiger partial charge in [0.05, 0.1) is 0 Å². The first-order chi connectivity index (χ1) is 9.40. The highest BCUT2D eigenvalue weighted by atomic mass is 16.5. The van der Waals surface area contributed by atoms with Crippen molar-refractivity contribution in [3.05, 3.63) is 53.5 Å². The molecule has 1 heterocycles. The van der Waals surface area contributed by atoms with E-state index >= 15 is 0 Å². The first-order valence-electron chi connectivity index (χ1n) is 6.28. The molecule has 4 nitrogen and oxygen atoms in total. The van der Waals surface area contributed by atoms with Crippen LogP contribution in [0, 0.1) is 0 Å². The minimum atomic E-state index is -0.624. The van der Waals surface area contributed by atoms with Crippen LogP contribution in [0.5, 0.6) is 5.75 Å². The summed E-state index contributed by atoms with van der Waals surface area (Å²) < 4.78 is 10.2. The van der Waals surface area contributed by atoms with E-state index in [0.29, 0.717) is 12.0 Å². The highest BCUT2D eigenvalue weighted by Crippen LogP contribution is 2.24. The zero-order valence-corrected chi connectivity index (χ0v) is 11.7. The average molecular weight is 272 g/mol. The summed E-state index contributed by atoms with van der Waals surface area (Å²) in [5, 5.41) is 0. The molecule has 0 saturated heterocycles. The fraction of sp³-hybridized carbons (Fsp3) is 0.250. The maximum atomic E-state index is 11.8. The van der Waals surface area contributed by atoms with Crippen molar-refractivity contribution in [2.24, 2.45) is 0 Å². The third-order valence-corrected chi connectivity index (χ3v) is 2.88. The fourth-order valence-electron chi connectivity index (χ4n) is 1.71. The number of ether oxygens (including phenoxy) is 1. The quantitative estimate of drug-likeness (QED) is 0.486. The van der Waals surface area contributed by atoms with Crippen LogP contribution in [0.2, 0.25) is 0 Å². The van der Waals surface area contributed by atoms with Gasteiger partial charge in [0.2, 0.25) is 5.76 Å². The van der Waals surface area contributed by atoms with Crippen LogP contribution in [-0.4, -0.2) is 12.3 Å². The Labute approximate surface area is 117 Å². The van der Waals surface area contributed by atoms with Gasteiger partial charge in [0, 0.05) is 0 Å². The molecule has 1 aromatic carbocycles. The summed E-state index contributed by atoms with van der Waals surface area (Å²) in [5.74, 6) is -0.0827. The van der Waals surface area contributed by atoms with Crippen LogP contribution in [-0.2, 0) is 5.41 Å². The molecule has 0 bridgehead atoms. The van der Waals surface area contributed by atoms with E-state index in [1.165, 1.54) is 12.1 Å². The van der Waals surface area contributed by atoms with E-state index in [1.807, 2.05) is 12.1 Å². The minimum absolute atomic E-state index is 0.00648. The topological polar surface area (TPSA) is 56.5 Å². The summed E-state index contributed by atoms with van der Waals surface area (Å²) in [7, 11) is 0. The molecule has 0 saturated carbocycles. The molecule has 104 valence electrons. The highest BCUT2D eigenvalue weighted by Gasteiger charge is 2.16. The molecular weight excluding hydrogens is 256 g/mol. The highest BCUT2D eigenvalue weighted by molar-refractivity contribution is 5.89. The van der Waals surface area contributed by atoms with Crippen molar-refractivity contribution in [2.45, 2.75) is 26.2 Å². The van der Waals surface area contributed by atoms with Crippen molar-refractivity contribution in [3.8, 4) is 5.75 Å². The zero-order valence-electron chi connectivity index (χ0n) is 11.7. The first kappa shape index (κ1) is 14.1. The Hall–Kier alpha value is -2.36. The molecule has 1 aromatic heterocycles. The Morgan fingerprint density at radius 2 is 1.75 bits per heavy atom. The smallest absolute Gasteiger partial charge is 0.379 e. The van der Waals surface area contributed by atoms with Crippen molar-refractivity contribution in [1.29, 1.82) is 0 Å². The number of hydrogen-bond acceptors (Lipinski definition) is 4. The standard InChI is InChI=1S/C16H16O4/c1-16(2,3)11-4-6-12(7-5-11)20-15(18)14-9-8-13(10-17)19-14/h4-10H,1-3H3. The van der Waals surface area contributed by atoms with Crippen molar-refractivity contribution < 1.29 is 18.7 Å². The molecule has 0 unspecified atom stereocenters. The Bertz CT molecular complexity index is 615. The molecule has 0 radical (unpaired) electrons. The summed E-state index contributed by atoms with van der Waals surface area (Å²) in [5.41, 5.74) is 1.20. The molecule has 0 amide bonds. The van der Waals surface area contributed by atoms with E-state index < -0.39 is 5.97 Å². The van der Waals surface area contributed by atoms with Gasteiger partial charge >= 0.3 is 5.97 Å². The van der Waals surface area contributed by atoms with E-state index in [4.69, 9.17) is 9.15 Å². The van der Waals surface area contributed by atoms with Gasteiger partial charge in [0.25, 0.3) is 0 Å². The number of carbonyl (C=O) groups excluding carboxylic acids is 2. The van der Waals surface area contributed by atoms with Gasteiger partial charge in [-0.3, -0.25) is 4.79 Å². The maximum absolute atomic E-state index is 11.8. The molecule has 0 fully saturated rings. The van der Waals surface area contributed by atoms with Crippen LogP contribution in [0.4, 0.5) is 0 Å². The third-order valence-electron chi connectivity index (χ3n) is 2.88. The Morgan fingerprint density at radius 1 is 1.10 bits per heavy atom. The maximum Gasteiger partial charge on any atom is 0.379 e. The van der Waals surface area contributed by atoms with E-state index in [-0.39, 0.29) is 16.9 Å². The van der Waals surface area contributed by atoms with Gasteiger partial charge in [0.15, 0.2) is 12.0 Å². The van der Waals surface area contributed by atoms with E-state index in [2.05, 4.69) is 20.8 Å². The molecular formula is C16H16O4. The summed E-state index contributed by atoms with van der Waals surface area (Å²) in [6, 6.07) is 10.1. The van der Waals surface area contributed by atoms with Gasteiger partial charge in [-0.05, 0) is 35.2 Å². The molecule has 0 aliphatic heterocycles. The minimum Gasteiger partial charge on any atom is -0.446 e. The van der Waals surface area contributed by atoms with Crippen molar-refractivity contribution >= 4 is 12.3 Å². The van der Waals surface area contributed by atoms with Gasteiger partial charge in [-0.2, -0.15) is 0 Å². The Balaban J connectivity index is 2.10. The number of benzene rings is 1. The summed E-state index contributed by atoms with van der Waals surface area (Å²) >= 11 is 0. The molecule has 0 aliphatic carbocycles. The molecule has 0 N–H and O–H groups in total. The number of carbonyl (C=O) groups is 2. The van der Waals surface area contributed by atoms with Crippen molar-refractivity contribution in [3.63, 3.8) is 0 Å². The SMILES string of the molecule is CC(C)(C)c1ccc(OC(=O)c2ccc(C=O)o2)cc1. The number of rotatable bonds is 3. The molecule has 0 aliphatic rings. The van der Waals surface area contributed by atoms with Gasteiger partial charge in [-0.1, -0.05) is 32.9 Å². The van der Waals surface area contributed by atoms with Crippen molar-refractivity contribution in [2.75, 3.05) is 0 Å². The van der Waals surface area contributed by atoms with E-state index in [9.17, 15) is 9.59 Å². The molecule has 4 heteroatoms. The second-order valence-electron chi connectivity index (χ2n) is 5.48. The van der Waals surface area contributed by atoms with Crippen LogP contribution < -0.4 is 4.74 Å².